The number of carboxylic acid groups (broad SMARTS) is 1. The van der Waals surface area contributed by atoms with Crippen molar-refractivity contribution in [3.05, 3.63) is 0 Å². The molecule has 2 atom stereocenters. The smallest absolute Gasteiger partial charge is 0.307 e. The lowest BCUT2D eigenvalue weighted by Gasteiger charge is -2.41. The van der Waals surface area contributed by atoms with Crippen molar-refractivity contribution in [2.45, 2.75) is 46.5 Å². The Balaban J connectivity index is 2.41. The minimum absolute atomic E-state index is 0.139. The van der Waals surface area contributed by atoms with Crippen molar-refractivity contribution in [2.24, 2.45) is 17.3 Å². The van der Waals surface area contributed by atoms with E-state index in [9.17, 15) is 9.59 Å². The second-order valence-electron chi connectivity index (χ2n) is 5.34. The van der Waals surface area contributed by atoms with Crippen molar-refractivity contribution in [1.29, 1.82) is 0 Å². The Bertz CT molecular complexity index is 292. The van der Waals surface area contributed by atoms with Crippen LogP contribution < -0.4 is 5.32 Å². The van der Waals surface area contributed by atoms with Crippen LogP contribution in [0, 0.1) is 17.3 Å². The third-order valence-electron chi connectivity index (χ3n) is 4.35. The molecule has 2 unspecified atom stereocenters. The molecule has 0 aromatic carbocycles. The Hall–Kier alpha value is -1.06. The molecule has 1 saturated carbocycles. The summed E-state index contributed by atoms with van der Waals surface area (Å²) in [6.45, 7) is 6.09. The topological polar surface area (TPSA) is 66.4 Å². The quantitative estimate of drug-likeness (QED) is 0.748. The van der Waals surface area contributed by atoms with Gasteiger partial charge in [0.1, 0.15) is 0 Å². The summed E-state index contributed by atoms with van der Waals surface area (Å²) < 4.78 is 0. The van der Waals surface area contributed by atoms with Crippen LogP contribution in [0.2, 0.25) is 0 Å². The molecular weight excluding hydrogens is 218 g/mol. The molecule has 0 bridgehead atoms. The van der Waals surface area contributed by atoms with Crippen LogP contribution in [0.15, 0.2) is 0 Å². The zero-order valence-electron chi connectivity index (χ0n) is 11.0. The fourth-order valence-electron chi connectivity index (χ4n) is 2.21. The molecule has 0 radical (unpaired) electrons. The van der Waals surface area contributed by atoms with Crippen molar-refractivity contribution >= 4 is 11.9 Å². The Morgan fingerprint density at radius 3 is 2.24 bits per heavy atom. The first-order chi connectivity index (χ1) is 7.92. The standard InChI is InChI=1S/C13H23NO3/c1-4-13(6-5-7-13)8-14-11(15)9(2)10(3)12(16)17/h9-10H,4-8H2,1-3H3,(H,14,15)(H,16,17). The van der Waals surface area contributed by atoms with Gasteiger partial charge in [0, 0.05) is 12.5 Å². The van der Waals surface area contributed by atoms with Gasteiger partial charge in [-0.25, -0.2) is 0 Å². The van der Waals surface area contributed by atoms with E-state index in [4.69, 9.17) is 5.11 Å². The molecule has 17 heavy (non-hydrogen) atoms. The fourth-order valence-corrected chi connectivity index (χ4v) is 2.21. The van der Waals surface area contributed by atoms with E-state index in [2.05, 4.69) is 12.2 Å². The summed E-state index contributed by atoms with van der Waals surface area (Å²) in [5.74, 6) is -2.16. The summed E-state index contributed by atoms with van der Waals surface area (Å²) in [6.07, 6.45) is 4.67. The number of rotatable bonds is 6. The van der Waals surface area contributed by atoms with Crippen LogP contribution in [0.5, 0.6) is 0 Å². The Kier molecular flexibility index (Phi) is 4.54. The molecule has 1 fully saturated rings. The number of aliphatic carboxylic acids is 1. The maximum absolute atomic E-state index is 11.8. The summed E-state index contributed by atoms with van der Waals surface area (Å²) in [7, 11) is 0. The highest BCUT2D eigenvalue weighted by atomic mass is 16.4. The van der Waals surface area contributed by atoms with Gasteiger partial charge in [-0.1, -0.05) is 27.2 Å². The van der Waals surface area contributed by atoms with E-state index in [1.807, 2.05) is 0 Å². The molecule has 0 spiro atoms. The first-order valence-corrected chi connectivity index (χ1v) is 6.42. The van der Waals surface area contributed by atoms with Crippen LogP contribution in [0.3, 0.4) is 0 Å². The number of nitrogens with one attached hydrogen (secondary N) is 1. The lowest BCUT2D eigenvalue weighted by molar-refractivity contribution is -0.146. The van der Waals surface area contributed by atoms with E-state index in [1.165, 1.54) is 19.3 Å². The highest BCUT2D eigenvalue weighted by Crippen LogP contribution is 2.43. The van der Waals surface area contributed by atoms with Gasteiger partial charge in [0.05, 0.1) is 5.92 Å². The van der Waals surface area contributed by atoms with Gasteiger partial charge >= 0.3 is 5.97 Å². The van der Waals surface area contributed by atoms with Crippen molar-refractivity contribution in [1.82, 2.24) is 5.32 Å². The Morgan fingerprint density at radius 1 is 1.29 bits per heavy atom. The monoisotopic (exact) mass is 241 g/mol. The van der Waals surface area contributed by atoms with Gasteiger partial charge in [0.25, 0.3) is 0 Å². The molecule has 1 rings (SSSR count). The Morgan fingerprint density at radius 2 is 1.88 bits per heavy atom. The summed E-state index contributed by atoms with van der Waals surface area (Å²) in [5.41, 5.74) is 0.280. The molecule has 2 N–H and O–H groups in total. The molecule has 0 aromatic heterocycles. The van der Waals surface area contributed by atoms with Crippen LogP contribution >= 0.6 is 0 Å². The van der Waals surface area contributed by atoms with E-state index >= 15 is 0 Å². The molecular formula is C13H23NO3. The fraction of sp³-hybridized carbons (Fsp3) is 0.846. The summed E-state index contributed by atoms with van der Waals surface area (Å²) >= 11 is 0. The Labute approximate surface area is 103 Å². The van der Waals surface area contributed by atoms with Gasteiger partial charge in [-0.15, -0.1) is 0 Å². The number of hydrogen-bond donors (Lipinski definition) is 2. The zero-order valence-corrected chi connectivity index (χ0v) is 11.0. The average molecular weight is 241 g/mol. The number of carbonyl (C=O) groups excluding carboxylic acids is 1. The number of carbonyl (C=O) groups is 2. The summed E-state index contributed by atoms with van der Waals surface area (Å²) in [6, 6.07) is 0. The van der Waals surface area contributed by atoms with Crippen molar-refractivity contribution in [3.63, 3.8) is 0 Å². The lowest BCUT2D eigenvalue weighted by Crippen LogP contribution is -2.44. The molecule has 1 aliphatic carbocycles. The summed E-state index contributed by atoms with van der Waals surface area (Å²) in [4.78, 5) is 22.6. The SMILES string of the molecule is CCC1(CNC(=O)C(C)C(C)C(=O)O)CCC1. The zero-order chi connectivity index (χ0) is 13.1. The normalized spacial score (nSPS) is 21.1. The number of hydrogen-bond acceptors (Lipinski definition) is 2. The summed E-state index contributed by atoms with van der Waals surface area (Å²) in [5, 5.41) is 11.8. The highest BCUT2D eigenvalue weighted by Gasteiger charge is 2.36. The number of carboxylic acids is 1. The van der Waals surface area contributed by atoms with Crippen LogP contribution in [-0.2, 0) is 9.59 Å². The molecule has 98 valence electrons. The first kappa shape index (κ1) is 14.0. The molecule has 1 aliphatic rings. The molecule has 4 heteroatoms. The highest BCUT2D eigenvalue weighted by molar-refractivity contribution is 5.84. The van der Waals surface area contributed by atoms with Gasteiger partial charge in [-0.05, 0) is 24.7 Å². The molecule has 0 aromatic rings. The van der Waals surface area contributed by atoms with Crippen molar-refractivity contribution < 1.29 is 14.7 Å². The number of amides is 1. The molecule has 0 aliphatic heterocycles. The predicted octanol–water partition coefficient (Wildman–Crippen LogP) is 2.04. The second-order valence-corrected chi connectivity index (χ2v) is 5.34. The van der Waals surface area contributed by atoms with Crippen molar-refractivity contribution in [2.75, 3.05) is 6.54 Å². The van der Waals surface area contributed by atoms with E-state index in [1.54, 1.807) is 13.8 Å². The molecule has 1 amide bonds. The third-order valence-corrected chi connectivity index (χ3v) is 4.35. The maximum atomic E-state index is 11.8. The lowest BCUT2D eigenvalue weighted by atomic mass is 9.67. The first-order valence-electron chi connectivity index (χ1n) is 6.42. The minimum Gasteiger partial charge on any atom is -0.481 e. The van der Waals surface area contributed by atoms with Gasteiger partial charge < -0.3 is 10.4 Å². The van der Waals surface area contributed by atoms with Crippen LogP contribution in [0.25, 0.3) is 0 Å². The van der Waals surface area contributed by atoms with Crippen LogP contribution in [-0.4, -0.2) is 23.5 Å². The van der Waals surface area contributed by atoms with Gasteiger partial charge in [0.15, 0.2) is 0 Å². The maximum Gasteiger partial charge on any atom is 0.307 e. The third kappa shape index (κ3) is 3.20. The predicted molar refractivity (Wildman–Crippen MR) is 65.5 cm³/mol. The van der Waals surface area contributed by atoms with E-state index < -0.39 is 17.8 Å². The molecule has 0 saturated heterocycles. The minimum atomic E-state index is -0.915. The van der Waals surface area contributed by atoms with Gasteiger partial charge in [-0.2, -0.15) is 0 Å². The average Bonchev–Trinajstić information content (AvgIpc) is 2.25. The van der Waals surface area contributed by atoms with Gasteiger partial charge in [-0.3, -0.25) is 9.59 Å². The van der Waals surface area contributed by atoms with Crippen LogP contribution in [0.4, 0.5) is 0 Å². The molecule has 4 nitrogen and oxygen atoms in total. The van der Waals surface area contributed by atoms with E-state index in [-0.39, 0.29) is 11.3 Å². The van der Waals surface area contributed by atoms with E-state index in [0.717, 1.165) is 6.42 Å². The van der Waals surface area contributed by atoms with Crippen molar-refractivity contribution in [3.8, 4) is 0 Å². The van der Waals surface area contributed by atoms with E-state index in [0.29, 0.717) is 6.54 Å². The van der Waals surface area contributed by atoms with Crippen LogP contribution in [0.1, 0.15) is 46.5 Å². The second kappa shape index (κ2) is 5.52. The van der Waals surface area contributed by atoms with Gasteiger partial charge in [0.2, 0.25) is 5.91 Å². The molecule has 0 heterocycles. The largest absolute Gasteiger partial charge is 0.481 e.